The highest BCUT2D eigenvalue weighted by molar-refractivity contribution is 7.89. The minimum absolute atomic E-state index is 0.212. The molecule has 0 saturated heterocycles. The van der Waals surface area contributed by atoms with Crippen LogP contribution in [0, 0.1) is 6.92 Å². The molecule has 1 aromatic rings. The molecule has 0 spiro atoms. The molecule has 0 heterocycles. The highest BCUT2D eigenvalue weighted by Crippen LogP contribution is 2.12. The van der Waals surface area contributed by atoms with Crippen LogP contribution in [0.2, 0.25) is 0 Å². The summed E-state index contributed by atoms with van der Waals surface area (Å²) in [7, 11) is -3.61. The van der Waals surface area contributed by atoms with Crippen LogP contribution in [0.15, 0.2) is 41.3 Å². The third-order valence-corrected chi connectivity index (χ3v) is 4.49. The third-order valence-electron chi connectivity index (χ3n) is 2.99. The number of sulfonamides is 1. The van der Waals surface area contributed by atoms with Crippen molar-refractivity contribution in [3.63, 3.8) is 0 Å². The second-order valence-electron chi connectivity index (χ2n) is 4.94. The van der Waals surface area contributed by atoms with Crippen LogP contribution in [0.25, 0.3) is 0 Å². The summed E-state index contributed by atoms with van der Waals surface area (Å²) in [6.45, 7) is 5.85. The van der Waals surface area contributed by atoms with Gasteiger partial charge < -0.3 is 4.74 Å². The number of nitrogens with one attached hydrogen (secondary N) is 1. The molecule has 0 fully saturated rings. The van der Waals surface area contributed by atoms with Crippen LogP contribution in [0.5, 0.6) is 0 Å². The first-order chi connectivity index (χ1) is 10.4. The maximum absolute atomic E-state index is 12.3. The van der Waals surface area contributed by atoms with Gasteiger partial charge in [-0.25, -0.2) is 17.9 Å². The SMILES string of the molecule is CCCC(/C=C/C(=O)OCC)NS(=O)(=O)c1ccc(C)cc1. The van der Waals surface area contributed by atoms with Crippen LogP contribution in [0.3, 0.4) is 0 Å². The Morgan fingerprint density at radius 1 is 1.27 bits per heavy atom. The lowest BCUT2D eigenvalue weighted by Gasteiger charge is -2.14. The molecule has 1 aromatic carbocycles. The maximum atomic E-state index is 12.3. The normalized spacial score (nSPS) is 13.2. The zero-order chi connectivity index (χ0) is 16.6. The van der Waals surface area contributed by atoms with Crippen molar-refractivity contribution in [2.75, 3.05) is 6.61 Å². The molecule has 0 saturated carbocycles. The van der Waals surface area contributed by atoms with Gasteiger partial charge in [-0.05, 0) is 32.4 Å². The lowest BCUT2D eigenvalue weighted by atomic mass is 10.2. The molecule has 1 rings (SSSR count). The second kappa shape index (κ2) is 8.70. The van der Waals surface area contributed by atoms with Crippen LogP contribution in [-0.2, 0) is 19.6 Å². The lowest BCUT2D eigenvalue weighted by molar-refractivity contribution is -0.137. The van der Waals surface area contributed by atoms with Gasteiger partial charge in [0.15, 0.2) is 0 Å². The first-order valence-electron chi connectivity index (χ1n) is 7.33. The summed E-state index contributed by atoms with van der Waals surface area (Å²) in [5.41, 5.74) is 0.992. The predicted octanol–water partition coefficient (Wildman–Crippen LogP) is 2.56. The van der Waals surface area contributed by atoms with Crippen LogP contribution in [0.4, 0.5) is 0 Å². The van der Waals surface area contributed by atoms with Gasteiger partial charge in [0.05, 0.1) is 11.5 Å². The van der Waals surface area contributed by atoms with E-state index in [4.69, 9.17) is 4.74 Å². The van der Waals surface area contributed by atoms with Crippen molar-refractivity contribution < 1.29 is 17.9 Å². The molecule has 0 amide bonds. The molecule has 0 aliphatic rings. The number of hydrogen-bond acceptors (Lipinski definition) is 4. The summed E-state index contributed by atoms with van der Waals surface area (Å²) in [6, 6.07) is 6.18. The summed E-state index contributed by atoms with van der Waals surface area (Å²) in [5, 5.41) is 0. The fourth-order valence-electron chi connectivity index (χ4n) is 1.88. The molecule has 22 heavy (non-hydrogen) atoms. The molecule has 0 aliphatic carbocycles. The largest absolute Gasteiger partial charge is 0.463 e. The number of esters is 1. The van der Waals surface area contributed by atoms with E-state index in [0.717, 1.165) is 12.0 Å². The maximum Gasteiger partial charge on any atom is 0.330 e. The summed E-state index contributed by atoms with van der Waals surface area (Å²) in [4.78, 5) is 11.6. The Morgan fingerprint density at radius 3 is 2.45 bits per heavy atom. The van der Waals surface area contributed by atoms with E-state index in [0.29, 0.717) is 6.42 Å². The minimum atomic E-state index is -3.61. The molecule has 0 aromatic heterocycles. The predicted molar refractivity (Wildman–Crippen MR) is 86.0 cm³/mol. The molecule has 0 bridgehead atoms. The van der Waals surface area contributed by atoms with Crippen molar-refractivity contribution in [3.05, 3.63) is 42.0 Å². The Labute approximate surface area is 132 Å². The first-order valence-corrected chi connectivity index (χ1v) is 8.81. The Hall–Kier alpha value is -1.66. The van der Waals surface area contributed by atoms with Crippen molar-refractivity contribution in [1.29, 1.82) is 0 Å². The van der Waals surface area contributed by atoms with Gasteiger partial charge in [0.2, 0.25) is 10.0 Å². The zero-order valence-electron chi connectivity index (χ0n) is 13.2. The van der Waals surface area contributed by atoms with E-state index in [-0.39, 0.29) is 11.5 Å². The van der Waals surface area contributed by atoms with Gasteiger partial charge in [0.25, 0.3) is 0 Å². The Balaban J connectivity index is 2.85. The third kappa shape index (κ3) is 5.99. The van der Waals surface area contributed by atoms with E-state index in [2.05, 4.69) is 4.72 Å². The second-order valence-corrected chi connectivity index (χ2v) is 6.65. The first kappa shape index (κ1) is 18.4. The average Bonchev–Trinajstić information content (AvgIpc) is 2.45. The van der Waals surface area contributed by atoms with Crippen LogP contribution >= 0.6 is 0 Å². The Bertz CT molecular complexity index is 606. The van der Waals surface area contributed by atoms with Crippen LogP contribution < -0.4 is 4.72 Å². The van der Waals surface area contributed by atoms with Gasteiger partial charge in [-0.2, -0.15) is 0 Å². The summed E-state index contributed by atoms with van der Waals surface area (Å²) in [5.74, 6) is -0.474. The van der Waals surface area contributed by atoms with Crippen molar-refractivity contribution >= 4 is 16.0 Å². The topological polar surface area (TPSA) is 72.5 Å². The Morgan fingerprint density at radius 2 is 1.91 bits per heavy atom. The number of hydrogen-bond donors (Lipinski definition) is 1. The quantitative estimate of drug-likeness (QED) is 0.589. The van der Waals surface area contributed by atoms with Gasteiger partial charge in [-0.15, -0.1) is 0 Å². The van der Waals surface area contributed by atoms with Gasteiger partial charge in [-0.3, -0.25) is 0 Å². The number of carbonyl (C=O) groups excluding carboxylic acids is 1. The summed E-state index contributed by atoms with van der Waals surface area (Å²) >= 11 is 0. The highest BCUT2D eigenvalue weighted by Gasteiger charge is 2.18. The van der Waals surface area contributed by atoms with E-state index in [1.54, 1.807) is 31.2 Å². The molecule has 5 nitrogen and oxygen atoms in total. The number of benzene rings is 1. The lowest BCUT2D eigenvalue weighted by Crippen LogP contribution is -2.33. The Kier molecular flexibility index (Phi) is 7.27. The van der Waals surface area contributed by atoms with Crippen molar-refractivity contribution in [2.24, 2.45) is 0 Å². The number of rotatable bonds is 8. The fraction of sp³-hybridized carbons (Fsp3) is 0.438. The van der Waals surface area contributed by atoms with E-state index in [1.807, 2.05) is 13.8 Å². The summed E-state index contributed by atoms with van der Waals surface area (Å²) in [6.07, 6.45) is 4.18. The molecule has 6 heteroatoms. The molecule has 0 radical (unpaired) electrons. The van der Waals surface area contributed by atoms with Crippen LogP contribution in [-0.4, -0.2) is 27.0 Å². The molecule has 122 valence electrons. The average molecular weight is 325 g/mol. The zero-order valence-corrected chi connectivity index (χ0v) is 14.0. The van der Waals surface area contributed by atoms with Gasteiger partial charge in [-0.1, -0.05) is 37.1 Å². The number of ether oxygens (including phenoxy) is 1. The summed E-state index contributed by atoms with van der Waals surface area (Å²) < 4.78 is 32.1. The van der Waals surface area contributed by atoms with E-state index < -0.39 is 22.0 Å². The van der Waals surface area contributed by atoms with Crippen molar-refractivity contribution in [2.45, 2.75) is 44.6 Å². The molecular formula is C16H23NO4S. The van der Waals surface area contributed by atoms with Crippen molar-refractivity contribution in [1.82, 2.24) is 4.72 Å². The minimum Gasteiger partial charge on any atom is -0.463 e. The van der Waals surface area contributed by atoms with Crippen LogP contribution in [0.1, 0.15) is 32.3 Å². The van der Waals surface area contributed by atoms with Crippen molar-refractivity contribution in [3.8, 4) is 0 Å². The molecular weight excluding hydrogens is 302 g/mol. The fourth-order valence-corrected chi connectivity index (χ4v) is 3.10. The molecule has 1 atom stereocenters. The molecule has 0 aliphatic heterocycles. The van der Waals surface area contributed by atoms with E-state index in [9.17, 15) is 13.2 Å². The standard InChI is InChI=1S/C16H23NO4S/c1-4-6-14(9-12-16(18)21-5-2)17-22(19,20)15-10-7-13(3)8-11-15/h7-12,14,17H,4-6H2,1-3H3/b12-9+. The van der Waals surface area contributed by atoms with Gasteiger partial charge in [0.1, 0.15) is 0 Å². The van der Waals surface area contributed by atoms with Gasteiger partial charge in [0, 0.05) is 12.1 Å². The smallest absolute Gasteiger partial charge is 0.330 e. The van der Waals surface area contributed by atoms with E-state index in [1.165, 1.54) is 12.2 Å². The monoisotopic (exact) mass is 325 g/mol. The highest BCUT2D eigenvalue weighted by atomic mass is 32.2. The molecule has 1 unspecified atom stereocenters. The molecule has 1 N–H and O–H groups in total. The van der Waals surface area contributed by atoms with E-state index >= 15 is 0 Å². The van der Waals surface area contributed by atoms with Gasteiger partial charge >= 0.3 is 5.97 Å². The number of carbonyl (C=O) groups is 1. The number of aryl methyl sites for hydroxylation is 1.